The van der Waals surface area contributed by atoms with Crippen molar-refractivity contribution < 1.29 is 14.6 Å². The number of anilines is 1. The number of hydrogen-bond donors (Lipinski definition) is 2. The molecule has 1 heterocycles. The lowest BCUT2D eigenvalue weighted by atomic mass is 9.98. The summed E-state index contributed by atoms with van der Waals surface area (Å²) in [6.07, 6.45) is -0.582. The van der Waals surface area contributed by atoms with E-state index in [9.17, 15) is 9.90 Å². The molecule has 2 aromatic carbocycles. The van der Waals surface area contributed by atoms with Crippen molar-refractivity contribution in [3.05, 3.63) is 58.1 Å². The van der Waals surface area contributed by atoms with Crippen molar-refractivity contribution in [3.8, 4) is 5.75 Å². The van der Waals surface area contributed by atoms with Crippen molar-refractivity contribution in [3.63, 3.8) is 0 Å². The van der Waals surface area contributed by atoms with E-state index in [2.05, 4.69) is 5.32 Å². The van der Waals surface area contributed by atoms with Crippen LogP contribution in [0.4, 0.5) is 5.69 Å². The van der Waals surface area contributed by atoms with Crippen LogP contribution in [0, 0.1) is 0 Å². The zero-order valence-corrected chi connectivity index (χ0v) is 12.1. The van der Waals surface area contributed by atoms with Crippen LogP contribution >= 0.6 is 11.6 Å². The Bertz CT molecular complexity index is 715. The van der Waals surface area contributed by atoms with Gasteiger partial charge in [-0.3, -0.25) is 4.79 Å². The highest BCUT2D eigenvalue weighted by molar-refractivity contribution is 6.34. The van der Waals surface area contributed by atoms with Gasteiger partial charge in [0.1, 0.15) is 11.9 Å². The van der Waals surface area contributed by atoms with Crippen LogP contribution in [0.2, 0.25) is 5.02 Å². The SMILES string of the molecule is COc1ccccc1C(O)c1cc(Cl)c2c(c1)CC(=O)N2. The van der Waals surface area contributed by atoms with Gasteiger partial charge in [0.25, 0.3) is 0 Å². The Morgan fingerprint density at radius 2 is 2.10 bits per heavy atom. The summed E-state index contributed by atoms with van der Waals surface area (Å²) < 4.78 is 5.27. The number of aliphatic hydroxyl groups is 1. The van der Waals surface area contributed by atoms with Crippen molar-refractivity contribution in [2.45, 2.75) is 12.5 Å². The van der Waals surface area contributed by atoms with E-state index in [0.29, 0.717) is 27.6 Å². The van der Waals surface area contributed by atoms with Crippen LogP contribution in [0.3, 0.4) is 0 Å². The first-order valence-electron chi connectivity index (χ1n) is 6.53. The van der Waals surface area contributed by atoms with E-state index in [1.165, 1.54) is 0 Å². The molecule has 1 amide bonds. The lowest BCUT2D eigenvalue weighted by Crippen LogP contribution is -2.03. The average Bonchev–Trinajstić information content (AvgIpc) is 2.87. The predicted octanol–water partition coefficient (Wildman–Crippen LogP) is 2.92. The normalized spacial score (nSPS) is 14.5. The predicted molar refractivity (Wildman–Crippen MR) is 80.8 cm³/mol. The minimum Gasteiger partial charge on any atom is -0.496 e. The minimum atomic E-state index is -0.861. The molecule has 0 spiro atoms. The fourth-order valence-corrected chi connectivity index (χ4v) is 2.85. The first kappa shape index (κ1) is 13.9. The molecule has 0 aromatic heterocycles. The summed E-state index contributed by atoms with van der Waals surface area (Å²) in [5.74, 6) is 0.520. The van der Waals surface area contributed by atoms with Crippen LogP contribution in [0.5, 0.6) is 5.75 Å². The highest BCUT2D eigenvalue weighted by Gasteiger charge is 2.24. The second kappa shape index (κ2) is 5.39. The number of ether oxygens (including phenoxy) is 1. The van der Waals surface area contributed by atoms with Crippen LogP contribution < -0.4 is 10.1 Å². The van der Waals surface area contributed by atoms with Crippen molar-refractivity contribution in [1.29, 1.82) is 0 Å². The van der Waals surface area contributed by atoms with Gasteiger partial charge in [-0.2, -0.15) is 0 Å². The summed E-state index contributed by atoms with van der Waals surface area (Å²) in [6, 6.07) is 10.7. The van der Waals surface area contributed by atoms with E-state index < -0.39 is 6.10 Å². The van der Waals surface area contributed by atoms with Gasteiger partial charge >= 0.3 is 0 Å². The lowest BCUT2D eigenvalue weighted by Gasteiger charge is -2.16. The number of halogens is 1. The molecule has 1 atom stereocenters. The standard InChI is InChI=1S/C16H14ClNO3/c1-21-13-5-3-2-4-11(13)16(20)10-6-9-8-14(19)18-15(9)12(17)7-10/h2-7,16,20H,8H2,1H3,(H,18,19). The smallest absolute Gasteiger partial charge is 0.228 e. The Balaban J connectivity index is 2.03. The topological polar surface area (TPSA) is 58.6 Å². The number of carbonyl (C=O) groups excluding carboxylic acids is 1. The number of nitrogens with one attached hydrogen (secondary N) is 1. The molecule has 0 bridgehead atoms. The Morgan fingerprint density at radius 3 is 2.86 bits per heavy atom. The molecular weight excluding hydrogens is 290 g/mol. The van der Waals surface area contributed by atoms with Crippen molar-refractivity contribution in [1.82, 2.24) is 0 Å². The molecule has 0 aliphatic carbocycles. The zero-order chi connectivity index (χ0) is 15.0. The first-order valence-corrected chi connectivity index (χ1v) is 6.91. The number of carbonyl (C=O) groups is 1. The number of aliphatic hydroxyl groups excluding tert-OH is 1. The molecule has 5 heteroatoms. The number of para-hydroxylation sites is 1. The molecule has 0 saturated heterocycles. The molecule has 1 aliphatic rings. The maximum absolute atomic E-state index is 11.5. The Hall–Kier alpha value is -2.04. The zero-order valence-electron chi connectivity index (χ0n) is 11.4. The summed E-state index contributed by atoms with van der Waals surface area (Å²) in [5.41, 5.74) is 2.74. The molecular formula is C16H14ClNO3. The molecule has 0 radical (unpaired) electrons. The highest BCUT2D eigenvalue weighted by Crippen LogP contribution is 2.37. The monoisotopic (exact) mass is 303 g/mol. The molecule has 4 nitrogen and oxygen atoms in total. The lowest BCUT2D eigenvalue weighted by molar-refractivity contribution is -0.115. The van der Waals surface area contributed by atoms with Gasteiger partial charge in [-0.25, -0.2) is 0 Å². The summed E-state index contributed by atoms with van der Waals surface area (Å²) in [5, 5.41) is 13.7. The Kier molecular flexibility index (Phi) is 3.57. The van der Waals surface area contributed by atoms with Crippen LogP contribution in [-0.4, -0.2) is 18.1 Å². The Morgan fingerprint density at radius 1 is 1.33 bits per heavy atom. The third kappa shape index (κ3) is 2.48. The molecule has 108 valence electrons. The maximum Gasteiger partial charge on any atom is 0.228 e. The van der Waals surface area contributed by atoms with Crippen LogP contribution in [0.1, 0.15) is 22.8 Å². The molecule has 0 saturated carbocycles. The van der Waals surface area contributed by atoms with Gasteiger partial charge in [0, 0.05) is 5.56 Å². The molecule has 1 unspecified atom stereocenters. The number of hydrogen-bond acceptors (Lipinski definition) is 3. The molecule has 1 aliphatic heterocycles. The molecule has 0 fully saturated rings. The van der Waals surface area contributed by atoms with Crippen LogP contribution in [-0.2, 0) is 11.2 Å². The third-order valence-corrected chi connectivity index (χ3v) is 3.86. The summed E-state index contributed by atoms with van der Waals surface area (Å²) in [4.78, 5) is 11.5. The van der Waals surface area contributed by atoms with Gasteiger partial charge in [-0.05, 0) is 23.3 Å². The van der Waals surface area contributed by atoms with Gasteiger partial charge in [0.05, 0.1) is 24.2 Å². The summed E-state index contributed by atoms with van der Waals surface area (Å²) >= 11 is 6.19. The molecule has 21 heavy (non-hydrogen) atoms. The fourth-order valence-electron chi connectivity index (χ4n) is 2.55. The quantitative estimate of drug-likeness (QED) is 0.916. The van der Waals surface area contributed by atoms with Gasteiger partial charge in [0.15, 0.2) is 0 Å². The van der Waals surface area contributed by atoms with Gasteiger partial charge in [-0.15, -0.1) is 0 Å². The minimum absolute atomic E-state index is 0.0872. The second-order valence-electron chi connectivity index (χ2n) is 4.91. The van der Waals surface area contributed by atoms with E-state index in [-0.39, 0.29) is 12.3 Å². The second-order valence-corrected chi connectivity index (χ2v) is 5.31. The van der Waals surface area contributed by atoms with Gasteiger partial charge in [0.2, 0.25) is 5.91 Å². The van der Waals surface area contributed by atoms with E-state index in [1.54, 1.807) is 31.4 Å². The summed E-state index contributed by atoms with van der Waals surface area (Å²) in [6.45, 7) is 0. The van der Waals surface area contributed by atoms with Gasteiger partial charge < -0.3 is 15.2 Å². The third-order valence-electron chi connectivity index (χ3n) is 3.56. The van der Waals surface area contributed by atoms with E-state index in [1.807, 2.05) is 12.1 Å². The maximum atomic E-state index is 11.5. The number of fused-ring (bicyclic) bond motifs is 1. The number of rotatable bonds is 3. The van der Waals surface area contributed by atoms with E-state index in [4.69, 9.17) is 16.3 Å². The first-order chi connectivity index (χ1) is 10.1. The van der Waals surface area contributed by atoms with Crippen molar-refractivity contribution in [2.24, 2.45) is 0 Å². The number of amides is 1. The highest BCUT2D eigenvalue weighted by atomic mass is 35.5. The molecule has 2 N–H and O–H groups in total. The van der Waals surface area contributed by atoms with E-state index in [0.717, 1.165) is 5.56 Å². The number of methoxy groups -OCH3 is 1. The van der Waals surface area contributed by atoms with Crippen LogP contribution in [0.15, 0.2) is 36.4 Å². The fraction of sp³-hybridized carbons (Fsp3) is 0.188. The molecule has 3 rings (SSSR count). The van der Waals surface area contributed by atoms with Crippen molar-refractivity contribution in [2.75, 3.05) is 12.4 Å². The molecule has 2 aromatic rings. The summed E-state index contributed by atoms with van der Waals surface area (Å²) in [7, 11) is 1.56. The average molecular weight is 304 g/mol. The van der Waals surface area contributed by atoms with Crippen LogP contribution in [0.25, 0.3) is 0 Å². The Labute approximate surface area is 127 Å². The van der Waals surface area contributed by atoms with Gasteiger partial charge in [-0.1, -0.05) is 35.9 Å². The number of benzene rings is 2. The van der Waals surface area contributed by atoms with E-state index >= 15 is 0 Å². The van der Waals surface area contributed by atoms with Crippen molar-refractivity contribution >= 4 is 23.2 Å². The largest absolute Gasteiger partial charge is 0.496 e.